The summed E-state index contributed by atoms with van der Waals surface area (Å²) in [6, 6.07) is 24.6. The molecule has 6 rings (SSSR count). The zero-order valence-corrected chi connectivity index (χ0v) is 20.4. The summed E-state index contributed by atoms with van der Waals surface area (Å²) < 4.78 is 9.85. The van der Waals surface area contributed by atoms with Gasteiger partial charge in [-0.05, 0) is 67.4 Å². The minimum absolute atomic E-state index is 0.165. The monoisotopic (exact) mass is 471 g/mol. The maximum atomic E-state index is 10.2. The van der Waals surface area contributed by atoms with Gasteiger partial charge in [-0.2, -0.15) is 10.4 Å². The summed E-state index contributed by atoms with van der Waals surface area (Å²) in [5, 5.41) is 15.1. The molecule has 0 spiro atoms. The molecule has 0 bridgehead atoms. The molecule has 36 heavy (non-hydrogen) atoms. The van der Waals surface area contributed by atoms with Crippen molar-refractivity contribution in [1.82, 2.24) is 19.3 Å². The molecule has 6 nitrogen and oxygen atoms in total. The van der Waals surface area contributed by atoms with Crippen LogP contribution in [-0.2, 0) is 13.5 Å². The predicted molar refractivity (Wildman–Crippen MR) is 142 cm³/mol. The third-order valence-corrected chi connectivity index (χ3v) is 6.66. The normalized spacial score (nSPS) is 15.1. The van der Waals surface area contributed by atoms with Gasteiger partial charge in [-0.15, -0.1) is 0 Å². The summed E-state index contributed by atoms with van der Waals surface area (Å²) in [5.41, 5.74) is 8.24. The average molecular weight is 472 g/mol. The van der Waals surface area contributed by atoms with Crippen LogP contribution in [0.4, 0.5) is 0 Å². The largest absolute Gasteiger partial charge is 0.490 e. The van der Waals surface area contributed by atoms with Crippen LogP contribution in [0.15, 0.2) is 72.9 Å². The van der Waals surface area contributed by atoms with Crippen molar-refractivity contribution in [2.45, 2.75) is 26.4 Å². The third kappa shape index (κ3) is 3.66. The van der Waals surface area contributed by atoms with E-state index in [4.69, 9.17) is 14.8 Å². The Morgan fingerprint density at radius 2 is 1.89 bits per heavy atom. The van der Waals surface area contributed by atoms with Gasteiger partial charge < -0.3 is 9.30 Å². The highest BCUT2D eigenvalue weighted by Crippen LogP contribution is 2.37. The molecule has 1 atom stereocenters. The summed E-state index contributed by atoms with van der Waals surface area (Å²) >= 11 is 0. The Morgan fingerprint density at radius 3 is 2.67 bits per heavy atom. The van der Waals surface area contributed by atoms with Gasteiger partial charge in [0.25, 0.3) is 0 Å². The average Bonchev–Trinajstić information content (AvgIpc) is 3.58. The molecule has 0 amide bonds. The molecule has 3 heterocycles. The van der Waals surface area contributed by atoms with Crippen LogP contribution in [0.2, 0.25) is 0 Å². The second-order valence-electron chi connectivity index (χ2n) is 9.28. The van der Waals surface area contributed by atoms with E-state index in [-0.39, 0.29) is 6.10 Å². The quantitative estimate of drug-likeness (QED) is 0.296. The van der Waals surface area contributed by atoms with Crippen LogP contribution in [0.3, 0.4) is 0 Å². The van der Waals surface area contributed by atoms with Gasteiger partial charge in [-0.3, -0.25) is 0 Å². The number of ether oxygens (including phenoxy) is 1. The third-order valence-electron chi connectivity index (χ3n) is 6.66. The number of hydrogen-bond donors (Lipinski definition) is 0. The number of para-hydroxylation sites is 3. The summed E-state index contributed by atoms with van der Waals surface area (Å²) in [6.07, 6.45) is 4.91. The number of fused-ring (bicyclic) bond motifs is 2. The fourth-order valence-corrected chi connectivity index (χ4v) is 4.98. The molecule has 176 valence electrons. The molecule has 1 aliphatic heterocycles. The van der Waals surface area contributed by atoms with Crippen LogP contribution >= 0.6 is 0 Å². The van der Waals surface area contributed by atoms with Crippen molar-refractivity contribution in [3.05, 3.63) is 95.4 Å². The number of rotatable bonds is 4. The molecule has 0 saturated carbocycles. The van der Waals surface area contributed by atoms with Crippen molar-refractivity contribution in [2.75, 3.05) is 0 Å². The SMILES string of the molecule is Cc1cc(-c2nn(-c3ccccc3)cc2C=C(C#N)c2nc3ccccc3n2C)cc2c1OC(C)C2. The van der Waals surface area contributed by atoms with Crippen LogP contribution in [0.5, 0.6) is 5.75 Å². The van der Waals surface area contributed by atoms with Crippen LogP contribution < -0.4 is 4.74 Å². The number of aryl methyl sites for hydroxylation is 2. The number of hydrogen-bond acceptors (Lipinski definition) is 4. The van der Waals surface area contributed by atoms with Crippen molar-refractivity contribution >= 4 is 22.7 Å². The van der Waals surface area contributed by atoms with E-state index in [1.165, 1.54) is 5.56 Å². The zero-order valence-electron chi connectivity index (χ0n) is 20.4. The first-order valence-electron chi connectivity index (χ1n) is 12.0. The van der Waals surface area contributed by atoms with E-state index in [1.807, 2.05) is 83.2 Å². The number of nitriles is 1. The highest BCUT2D eigenvalue weighted by atomic mass is 16.5. The van der Waals surface area contributed by atoms with E-state index in [2.05, 4.69) is 32.0 Å². The lowest BCUT2D eigenvalue weighted by Gasteiger charge is -2.08. The molecule has 0 saturated heterocycles. The lowest BCUT2D eigenvalue weighted by Crippen LogP contribution is -2.05. The van der Waals surface area contributed by atoms with Crippen LogP contribution in [-0.4, -0.2) is 25.4 Å². The Bertz CT molecular complexity index is 1680. The van der Waals surface area contributed by atoms with Gasteiger partial charge in [0.05, 0.1) is 22.3 Å². The smallest absolute Gasteiger partial charge is 0.151 e. The first-order valence-corrected chi connectivity index (χ1v) is 12.0. The maximum Gasteiger partial charge on any atom is 0.151 e. The van der Waals surface area contributed by atoms with E-state index in [9.17, 15) is 5.26 Å². The maximum absolute atomic E-state index is 10.2. The predicted octanol–water partition coefficient (Wildman–Crippen LogP) is 6.12. The number of benzene rings is 3. The first-order chi connectivity index (χ1) is 17.5. The van der Waals surface area contributed by atoms with Crippen molar-refractivity contribution in [1.29, 1.82) is 5.26 Å². The second-order valence-corrected chi connectivity index (χ2v) is 9.28. The van der Waals surface area contributed by atoms with E-state index in [0.29, 0.717) is 11.4 Å². The number of allylic oxidation sites excluding steroid dienone is 1. The fraction of sp³-hybridized carbons (Fsp3) is 0.167. The van der Waals surface area contributed by atoms with E-state index in [1.54, 1.807) is 0 Å². The van der Waals surface area contributed by atoms with E-state index >= 15 is 0 Å². The van der Waals surface area contributed by atoms with Crippen LogP contribution in [0.25, 0.3) is 39.6 Å². The lowest BCUT2D eigenvalue weighted by molar-refractivity contribution is 0.253. The molecule has 3 aromatic carbocycles. The highest BCUT2D eigenvalue weighted by Gasteiger charge is 2.23. The Morgan fingerprint density at radius 1 is 1.11 bits per heavy atom. The minimum atomic E-state index is 0.165. The molecular formula is C30H25N5O. The molecular weight excluding hydrogens is 446 g/mol. The van der Waals surface area contributed by atoms with Crippen molar-refractivity contribution < 1.29 is 4.74 Å². The van der Waals surface area contributed by atoms with E-state index < -0.39 is 0 Å². The molecule has 1 aliphatic rings. The molecule has 0 fully saturated rings. The van der Waals surface area contributed by atoms with Gasteiger partial charge in [0.2, 0.25) is 0 Å². The Labute approximate surface area is 209 Å². The molecule has 2 aromatic heterocycles. The molecule has 0 radical (unpaired) electrons. The Hall–Kier alpha value is -4.63. The van der Waals surface area contributed by atoms with Gasteiger partial charge in [0.15, 0.2) is 5.82 Å². The number of imidazole rings is 1. The molecule has 6 heteroatoms. The lowest BCUT2D eigenvalue weighted by atomic mass is 9.99. The molecule has 0 N–H and O–H groups in total. The molecule has 5 aromatic rings. The van der Waals surface area contributed by atoms with Gasteiger partial charge in [-0.1, -0.05) is 30.3 Å². The zero-order chi connectivity index (χ0) is 24.8. The van der Waals surface area contributed by atoms with Gasteiger partial charge in [0, 0.05) is 30.8 Å². The van der Waals surface area contributed by atoms with Gasteiger partial charge in [-0.25, -0.2) is 9.67 Å². The summed E-state index contributed by atoms with van der Waals surface area (Å²) in [7, 11) is 1.94. The topological polar surface area (TPSA) is 68.7 Å². The first kappa shape index (κ1) is 21.9. The van der Waals surface area contributed by atoms with Crippen molar-refractivity contribution in [3.8, 4) is 28.8 Å². The fourth-order valence-electron chi connectivity index (χ4n) is 4.98. The molecule has 1 unspecified atom stereocenters. The van der Waals surface area contributed by atoms with Crippen molar-refractivity contribution in [3.63, 3.8) is 0 Å². The minimum Gasteiger partial charge on any atom is -0.490 e. The van der Waals surface area contributed by atoms with Crippen molar-refractivity contribution in [2.24, 2.45) is 7.05 Å². The highest BCUT2D eigenvalue weighted by molar-refractivity contribution is 5.93. The van der Waals surface area contributed by atoms with Crippen LogP contribution in [0.1, 0.15) is 29.4 Å². The van der Waals surface area contributed by atoms with Gasteiger partial charge in [0.1, 0.15) is 23.6 Å². The number of aromatic nitrogens is 4. The van der Waals surface area contributed by atoms with E-state index in [0.717, 1.165) is 51.3 Å². The summed E-state index contributed by atoms with van der Waals surface area (Å²) in [4.78, 5) is 4.75. The van der Waals surface area contributed by atoms with Gasteiger partial charge >= 0.3 is 0 Å². The Balaban J connectivity index is 1.54. The summed E-state index contributed by atoms with van der Waals surface area (Å²) in [5.74, 6) is 1.60. The standard InChI is InChI=1S/C30H25N5O/c1-19-13-21(15-22-14-20(2)36-29(19)22)28-24(18-35(33-28)25-9-5-4-6-10-25)16-23(17-31)30-32-26-11-7-8-12-27(26)34(30)3/h4-13,15-16,18,20H,14H2,1-3H3. The second kappa shape index (κ2) is 8.54. The molecule has 0 aliphatic carbocycles. The Kier molecular flexibility index (Phi) is 5.19. The van der Waals surface area contributed by atoms with Crippen LogP contribution in [0, 0.1) is 18.3 Å². The summed E-state index contributed by atoms with van der Waals surface area (Å²) in [6.45, 7) is 4.16. The number of nitrogens with zero attached hydrogens (tertiary/aromatic N) is 5.